The van der Waals surface area contributed by atoms with Crippen LogP contribution in [0.15, 0.2) is 82.6 Å². The third kappa shape index (κ3) is 5.36. The van der Waals surface area contributed by atoms with Crippen molar-refractivity contribution in [1.82, 2.24) is 10.3 Å². The van der Waals surface area contributed by atoms with Gasteiger partial charge >= 0.3 is 0 Å². The minimum absolute atomic E-state index is 0.0779. The average molecular weight is 492 g/mol. The highest BCUT2D eigenvalue weighted by Crippen LogP contribution is 2.20. The summed E-state index contributed by atoms with van der Waals surface area (Å²) >= 11 is 0. The van der Waals surface area contributed by atoms with E-state index < -0.39 is 21.4 Å². The van der Waals surface area contributed by atoms with Crippen LogP contribution in [-0.4, -0.2) is 26.4 Å². The quantitative estimate of drug-likeness (QED) is 0.346. The summed E-state index contributed by atoms with van der Waals surface area (Å²) in [4.78, 5) is 28.6. The van der Waals surface area contributed by atoms with Crippen LogP contribution in [0.25, 0.3) is 10.9 Å². The Kier molecular flexibility index (Phi) is 6.88. The summed E-state index contributed by atoms with van der Waals surface area (Å²) in [5, 5.41) is 2.82. The zero-order valence-corrected chi connectivity index (χ0v) is 20.1. The number of anilines is 1. The van der Waals surface area contributed by atoms with E-state index >= 15 is 0 Å². The van der Waals surface area contributed by atoms with Crippen molar-refractivity contribution < 1.29 is 17.9 Å². The van der Waals surface area contributed by atoms with E-state index in [1.807, 2.05) is 31.2 Å². The number of ether oxygens (including phenoxy) is 1. The Bertz CT molecular complexity index is 1530. The number of rotatable bonds is 8. The highest BCUT2D eigenvalue weighted by molar-refractivity contribution is 7.92. The standard InChI is InChI=1S/C26H25N3O5S/c1-3-17-4-8-19(9-5-17)29-35(32,33)21-12-13-24-22(14-21)25(30)23(16-27-24)26(31)28-15-18-6-10-20(34-2)11-7-18/h4-14,16,29H,3,15H2,1-2H3,(H,27,30)(H,28,31). The Morgan fingerprint density at radius 2 is 1.66 bits per heavy atom. The Balaban J connectivity index is 1.57. The predicted molar refractivity (Wildman–Crippen MR) is 135 cm³/mol. The number of methoxy groups -OCH3 is 1. The molecule has 1 heterocycles. The number of fused-ring (bicyclic) bond motifs is 1. The number of carbonyl (C=O) groups is 1. The van der Waals surface area contributed by atoms with E-state index in [-0.39, 0.29) is 22.4 Å². The first kappa shape index (κ1) is 24.0. The van der Waals surface area contributed by atoms with Crippen LogP contribution < -0.4 is 20.2 Å². The molecule has 4 aromatic rings. The molecule has 9 heteroatoms. The molecule has 0 atom stereocenters. The summed E-state index contributed by atoms with van der Waals surface area (Å²) in [6.45, 7) is 2.23. The number of aromatic nitrogens is 1. The van der Waals surface area contributed by atoms with Crippen LogP contribution in [0.2, 0.25) is 0 Å². The van der Waals surface area contributed by atoms with Gasteiger partial charge in [-0.25, -0.2) is 8.42 Å². The second kappa shape index (κ2) is 10.0. The Morgan fingerprint density at radius 3 is 2.31 bits per heavy atom. The molecular weight excluding hydrogens is 466 g/mol. The molecule has 0 aliphatic rings. The molecule has 3 aromatic carbocycles. The van der Waals surface area contributed by atoms with Gasteiger partial charge < -0.3 is 15.0 Å². The van der Waals surface area contributed by atoms with E-state index in [9.17, 15) is 18.0 Å². The van der Waals surface area contributed by atoms with Crippen LogP contribution in [0.3, 0.4) is 0 Å². The largest absolute Gasteiger partial charge is 0.497 e. The zero-order chi connectivity index (χ0) is 25.0. The molecule has 0 aliphatic heterocycles. The monoisotopic (exact) mass is 491 g/mol. The number of sulfonamides is 1. The molecule has 0 unspecified atom stereocenters. The molecule has 3 N–H and O–H groups in total. The highest BCUT2D eigenvalue weighted by atomic mass is 32.2. The smallest absolute Gasteiger partial charge is 0.261 e. The topological polar surface area (TPSA) is 117 Å². The summed E-state index contributed by atoms with van der Waals surface area (Å²) in [7, 11) is -2.37. The molecule has 0 saturated heterocycles. The first-order valence-corrected chi connectivity index (χ1v) is 12.5. The molecule has 35 heavy (non-hydrogen) atoms. The molecule has 0 saturated carbocycles. The lowest BCUT2D eigenvalue weighted by molar-refractivity contribution is 0.0949. The van der Waals surface area contributed by atoms with Crippen molar-refractivity contribution >= 4 is 32.5 Å². The van der Waals surface area contributed by atoms with Gasteiger partial charge in [0.05, 0.1) is 12.0 Å². The van der Waals surface area contributed by atoms with Gasteiger partial charge in [-0.3, -0.25) is 14.3 Å². The van der Waals surface area contributed by atoms with Crippen molar-refractivity contribution in [3.8, 4) is 5.75 Å². The molecular formula is C26H25N3O5S. The number of pyridine rings is 1. The van der Waals surface area contributed by atoms with Crippen LogP contribution >= 0.6 is 0 Å². The molecule has 0 radical (unpaired) electrons. The van der Waals surface area contributed by atoms with Gasteiger partial charge in [-0.2, -0.15) is 0 Å². The Morgan fingerprint density at radius 1 is 0.971 bits per heavy atom. The first-order chi connectivity index (χ1) is 16.8. The number of H-pyrrole nitrogens is 1. The van der Waals surface area contributed by atoms with Crippen LogP contribution in [0.4, 0.5) is 5.69 Å². The molecule has 180 valence electrons. The van der Waals surface area contributed by atoms with Gasteiger partial charge in [0.1, 0.15) is 11.3 Å². The third-order valence-electron chi connectivity index (χ3n) is 5.63. The third-order valence-corrected chi connectivity index (χ3v) is 7.01. The van der Waals surface area contributed by atoms with Crippen molar-refractivity contribution in [3.05, 3.63) is 99.8 Å². The molecule has 0 bridgehead atoms. The summed E-state index contributed by atoms with van der Waals surface area (Å²) in [5.41, 5.74) is 2.10. The lowest BCUT2D eigenvalue weighted by Crippen LogP contribution is -2.28. The zero-order valence-electron chi connectivity index (χ0n) is 19.3. The van der Waals surface area contributed by atoms with Gasteiger partial charge in [-0.15, -0.1) is 0 Å². The molecule has 1 amide bonds. The van der Waals surface area contributed by atoms with Gasteiger partial charge in [0, 0.05) is 29.3 Å². The predicted octanol–water partition coefficient (Wildman–Crippen LogP) is 3.83. The summed E-state index contributed by atoms with van der Waals surface area (Å²) < 4.78 is 33.5. The molecule has 0 aliphatic carbocycles. The number of aryl methyl sites for hydroxylation is 1. The number of benzene rings is 3. The molecule has 1 aromatic heterocycles. The van der Waals surface area contributed by atoms with Crippen molar-refractivity contribution in [2.24, 2.45) is 0 Å². The fourth-order valence-electron chi connectivity index (χ4n) is 3.58. The van der Waals surface area contributed by atoms with E-state index in [4.69, 9.17) is 4.74 Å². The SMILES string of the molecule is CCc1ccc(NS(=O)(=O)c2ccc3[nH]cc(C(=O)NCc4ccc(OC)cc4)c(=O)c3c2)cc1. The van der Waals surface area contributed by atoms with E-state index in [2.05, 4.69) is 15.0 Å². The van der Waals surface area contributed by atoms with Crippen LogP contribution in [0.5, 0.6) is 5.75 Å². The summed E-state index contributed by atoms with van der Waals surface area (Å²) in [6, 6.07) is 18.4. The molecule has 0 fully saturated rings. The van der Waals surface area contributed by atoms with Crippen molar-refractivity contribution in [2.45, 2.75) is 24.8 Å². The first-order valence-electron chi connectivity index (χ1n) is 11.0. The highest BCUT2D eigenvalue weighted by Gasteiger charge is 2.18. The number of hydrogen-bond acceptors (Lipinski definition) is 5. The van der Waals surface area contributed by atoms with Crippen LogP contribution in [0.1, 0.15) is 28.4 Å². The Labute approximate surface area is 203 Å². The van der Waals surface area contributed by atoms with Crippen molar-refractivity contribution in [3.63, 3.8) is 0 Å². The normalized spacial score (nSPS) is 11.3. The van der Waals surface area contributed by atoms with Crippen LogP contribution in [0, 0.1) is 0 Å². The summed E-state index contributed by atoms with van der Waals surface area (Å²) in [5.74, 6) is 0.135. The number of nitrogens with one attached hydrogen (secondary N) is 3. The minimum atomic E-state index is -3.94. The number of aromatic amines is 1. The van der Waals surface area contributed by atoms with Gasteiger partial charge in [-0.05, 0) is 60.0 Å². The minimum Gasteiger partial charge on any atom is -0.497 e. The maximum atomic E-state index is 13.1. The molecule has 8 nitrogen and oxygen atoms in total. The van der Waals surface area contributed by atoms with E-state index in [1.54, 1.807) is 31.4 Å². The maximum Gasteiger partial charge on any atom is 0.261 e. The summed E-state index contributed by atoms with van der Waals surface area (Å²) in [6.07, 6.45) is 2.17. The lowest BCUT2D eigenvalue weighted by atomic mass is 10.1. The second-order valence-electron chi connectivity index (χ2n) is 7.93. The second-order valence-corrected chi connectivity index (χ2v) is 9.61. The van der Waals surface area contributed by atoms with Gasteiger partial charge in [0.2, 0.25) is 5.43 Å². The maximum absolute atomic E-state index is 13.1. The number of carbonyl (C=O) groups excluding carboxylic acids is 1. The number of amides is 1. The average Bonchev–Trinajstić information content (AvgIpc) is 2.88. The van der Waals surface area contributed by atoms with E-state index in [1.165, 1.54) is 24.4 Å². The fourth-order valence-corrected chi connectivity index (χ4v) is 4.66. The van der Waals surface area contributed by atoms with Gasteiger partial charge in [0.25, 0.3) is 15.9 Å². The molecule has 4 rings (SSSR count). The van der Waals surface area contributed by atoms with Crippen molar-refractivity contribution in [1.29, 1.82) is 0 Å². The van der Waals surface area contributed by atoms with Gasteiger partial charge in [-0.1, -0.05) is 31.2 Å². The Hall–Kier alpha value is -4.11. The van der Waals surface area contributed by atoms with Crippen LogP contribution in [-0.2, 0) is 23.0 Å². The van der Waals surface area contributed by atoms with Crippen molar-refractivity contribution in [2.75, 3.05) is 11.8 Å². The number of hydrogen-bond donors (Lipinski definition) is 3. The van der Waals surface area contributed by atoms with E-state index in [0.29, 0.717) is 17.0 Å². The van der Waals surface area contributed by atoms with Gasteiger partial charge in [0.15, 0.2) is 0 Å². The van der Waals surface area contributed by atoms with E-state index in [0.717, 1.165) is 17.5 Å². The fraction of sp³-hybridized carbons (Fsp3) is 0.154. The lowest BCUT2D eigenvalue weighted by Gasteiger charge is -2.10. The molecule has 0 spiro atoms.